The minimum atomic E-state index is -0.883. The molecule has 1 saturated carbocycles. The lowest BCUT2D eigenvalue weighted by atomic mass is 9.78. The van der Waals surface area contributed by atoms with E-state index in [1.54, 1.807) is 6.07 Å². The van der Waals surface area contributed by atoms with Crippen LogP contribution in [0.1, 0.15) is 42.5 Å². The first-order valence-corrected chi connectivity index (χ1v) is 10.9. The van der Waals surface area contributed by atoms with Gasteiger partial charge in [0.2, 0.25) is 0 Å². The summed E-state index contributed by atoms with van der Waals surface area (Å²) >= 11 is 6.48. The molecule has 2 bridgehead atoms. The molecule has 2 unspecified atom stereocenters. The Kier molecular flexibility index (Phi) is 4.86. The largest absolute Gasteiger partial charge is 0.383 e. The van der Waals surface area contributed by atoms with Gasteiger partial charge in [0.1, 0.15) is 5.60 Å². The number of hydrogen-bond acceptors (Lipinski definition) is 4. The molecular weight excluding hydrogens is 390 g/mol. The summed E-state index contributed by atoms with van der Waals surface area (Å²) in [7, 11) is 0. The van der Waals surface area contributed by atoms with E-state index in [2.05, 4.69) is 10.6 Å². The van der Waals surface area contributed by atoms with E-state index in [9.17, 15) is 9.90 Å². The lowest BCUT2D eigenvalue weighted by molar-refractivity contribution is -0.184. The van der Waals surface area contributed by atoms with E-state index in [0.717, 1.165) is 23.9 Å². The standard InChI is InChI=1S/C22H28ClN3O3/c23-17-4-1-5-18-19(17)16(9-26(18)12-22(28)13-29-14-22)20(27)25-11-21-7-2-3-15(6-8-21)24-10-21/h1,4-5,9,15,24,28H,2-3,6-8,10-14H2,(H,25,27). The van der Waals surface area contributed by atoms with Crippen LogP contribution in [0.15, 0.2) is 24.4 Å². The monoisotopic (exact) mass is 417 g/mol. The van der Waals surface area contributed by atoms with Crippen molar-refractivity contribution in [1.82, 2.24) is 15.2 Å². The number of fused-ring (bicyclic) bond motifs is 5. The van der Waals surface area contributed by atoms with Gasteiger partial charge in [-0.15, -0.1) is 0 Å². The van der Waals surface area contributed by atoms with Crippen LogP contribution >= 0.6 is 11.6 Å². The molecule has 2 atom stereocenters. The van der Waals surface area contributed by atoms with Crippen LogP contribution < -0.4 is 10.6 Å². The normalized spacial score (nSPS) is 28.1. The summed E-state index contributed by atoms with van der Waals surface area (Å²) in [5.74, 6) is -0.0977. The minimum Gasteiger partial charge on any atom is -0.383 e. The van der Waals surface area contributed by atoms with Crippen LogP contribution in [0.4, 0.5) is 0 Å². The molecule has 7 heteroatoms. The zero-order valence-electron chi connectivity index (χ0n) is 16.5. The molecule has 1 aliphatic carbocycles. The van der Waals surface area contributed by atoms with Crippen molar-refractivity contribution >= 4 is 28.4 Å². The smallest absolute Gasteiger partial charge is 0.253 e. The predicted molar refractivity (Wildman–Crippen MR) is 112 cm³/mol. The Labute approximate surface area is 175 Å². The number of aliphatic hydroxyl groups is 1. The van der Waals surface area contributed by atoms with Crippen molar-refractivity contribution in [3.05, 3.63) is 35.0 Å². The summed E-state index contributed by atoms with van der Waals surface area (Å²) in [6, 6.07) is 6.27. The lowest BCUT2D eigenvalue weighted by Crippen LogP contribution is -2.52. The van der Waals surface area contributed by atoms with Gasteiger partial charge in [0.05, 0.1) is 35.9 Å². The van der Waals surface area contributed by atoms with Gasteiger partial charge in [-0.3, -0.25) is 4.79 Å². The fraction of sp³-hybridized carbons (Fsp3) is 0.591. The van der Waals surface area contributed by atoms with Crippen molar-refractivity contribution in [2.24, 2.45) is 5.41 Å². The lowest BCUT2D eigenvalue weighted by Gasteiger charge is -2.37. The quantitative estimate of drug-likeness (QED) is 0.699. The molecule has 2 aromatic rings. The molecule has 3 N–H and O–H groups in total. The van der Waals surface area contributed by atoms with Crippen molar-refractivity contribution in [2.75, 3.05) is 26.3 Å². The van der Waals surface area contributed by atoms with Crippen molar-refractivity contribution in [1.29, 1.82) is 0 Å². The molecule has 29 heavy (non-hydrogen) atoms. The summed E-state index contributed by atoms with van der Waals surface area (Å²) in [4.78, 5) is 13.2. The number of benzene rings is 1. The van der Waals surface area contributed by atoms with Crippen LogP contribution in [0, 0.1) is 5.41 Å². The van der Waals surface area contributed by atoms with E-state index in [4.69, 9.17) is 16.3 Å². The highest BCUT2D eigenvalue weighted by Crippen LogP contribution is 2.38. The molecule has 4 fully saturated rings. The maximum atomic E-state index is 13.2. The molecule has 1 aromatic carbocycles. The van der Waals surface area contributed by atoms with Crippen molar-refractivity contribution in [3.63, 3.8) is 0 Å². The molecule has 0 spiro atoms. The molecule has 6 rings (SSSR count). The second-order valence-electron chi connectivity index (χ2n) is 9.21. The number of ether oxygens (including phenoxy) is 1. The molecule has 4 heterocycles. The minimum absolute atomic E-state index is 0.0977. The van der Waals surface area contributed by atoms with Gasteiger partial charge in [0, 0.05) is 36.1 Å². The summed E-state index contributed by atoms with van der Waals surface area (Å²) in [6.45, 7) is 2.66. The molecule has 0 radical (unpaired) electrons. The van der Waals surface area contributed by atoms with Crippen LogP contribution in [0.25, 0.3) is 10.9 Å². The van der Waals surface area contributed by atoms with Gasteiger partial charge in [-0.25, -0.2) is 0 Å². The summed E-state index contributed by atoms with van der Waals surface area (Å²) in [6.07, 6.45) is 7.81. The molecule has 1 amide bonds. The van der Waals surface area contributed by atoms with Gasteiger partial charge >= 0.3 is 0 Å². The highest BCUT2D eigenvalue weighted by Gasteiger charge is 2.39. The van der Waals surface area contributed by atoms with E-state index >= 15 is 0 Å². The Bertz CT molecular complexity index is 923. The van der Waals surface area contributed by atoms with Gasteiger partial charge in [0.25, 0.3) is 5.91 Å². The molecule has 4 aliphatic rings. The highest BCUT2D eigenvalue weighted by molar-refractivity contribution is 6.36. The van der Waals surface area contributed by atoms with Crippen LogP contribution in [0.5, 0.6) is 0 Å². The van der Waals surface area contributed by atoms with Gasteiger partial charge in [-0.2, -0.15) is 0 Å². The zero-order valence-corrected chi connectivity index (χ0v) is 17.3. The number of piperidine rings is 1. The number of carbonyl (C=O) groups is 1. The Morgan fingerprint density at radius 2 is 2.21 bits per heavy atom. The Balaban J connectivity index is 1.39. The number of amides is 1. The summed E-state index contributed by atoms with van der Waals surface area (Å²) < 4.78 is 7.09. The summed E-state index contributed by atoms with van der Waals surface area (Å²) in [5, 5.41) is 18.7. The second-order valence-corrected chi connectivity index (χ2v) is 9.62. The second kappa shape index (κ2) is 7.27. The number of aromatic nitrogens is 1. The van der Waals surface area contributed by atoms with Crippen molar-refractivity contribution in [3.8, 4) is 0 Å². The maximum Gasteiger partial charge on any atom is 0.253 e. The van der Waals surface area contributed by atoms with E-state index in [1.165, 1.54) is 25.7 Å². The number of nitrogens with zero attached hydrogens (tertiary/aromatic N) is 1. The number of carbonyl (C=O) groups excluding carboxylic acids is 1. The van der Waals surface area contributed by atoms with E-state index in [-0.39, 0.29) is 11.3 Å². The van der Waals surface area contributed by atoms with Gasteiger partial charge in [0.15, 0.2) is 0 Å². The molecule has 3 aliphatic heterocycles. The average molecular weight is 418 g/mol. The fourth-order valence-corrected chi connectivity index (χ4v) is 5.45. The van der Waals surface area contributed by atoms with Crippen LogP contribution in [0.3, 0.4) is 0 Å². The predicted octanol–water partition coefficient (Wildman–Crippen LogP) is 2.71. The van der Waals surface area contributed by atoms with Crippen LogP contribution in [0.2, 0.25) is 5.02 Å². The molecule has 1 aromatic heterocycles. The van der Waals surface area contributed by atoms with E-state index in [0.29, 0.717) is 42.9 Å². The third-order valence-electron chi connectivity index (χ3n) is 6.98. The van der Waals surface area contributed by atoms with Gasteiger partial charge in [-0.05, 0) is 37.8 Å². The van der Waals surface area contributed by atoms with Gasteiger partial charge in [-0.1, -0.05) is 24.1 Å². The SMILES string of the molecule is O=C(NCC12CCCC(CC1)NC2)c1cn(CC2(O)COC2)c2cccc(Cl)c12. The number of rotatable bonds is 5. The topological polar surface area (TPSA) is 75.5 Å². The molecule has 6 nitrogen and oxygen atoms in total. The van der Waals surface area contributed by atoms with Crippen molar-refractivity contribution in [2.45, 2.75) is 50.3 Å². The number of hydrogen-bond donors (Lipinski definition) is 3. The Morgan fingerprint density at radius 3 is 2.93 bits per heavy atom. The first-order valence-electron chi connectivity index (χ1n) is 10.6. The summed E-state index contributed by atoms with van der Waals surface area (Å²) in [5.41, 5.74) is 0.702. The average Bonchev–Trinajstić information content (AvgIpc) is 2.83. The van der Waals surface area contributed by atoms with Gasteiger partial charge < -0.3 is 25.0 Å². The third kappa shape index (κ3) is 3.56. The number of halogens is 1. The van der Waals surface area contributed by atoms with Crippen molar-refractivity contribution < 1.29 is 14.6 Å². The highest BCUT2D eigenvalue weighted by atomic mass is 35.5. The first kappa shape index (κ1) is 19.4. The maximum absolute atomic E-state index is 13.2. The fourth-order valence-electron chi connectivity index (χ4n) is 5.17. The Morgan fingerprint density at radius 1 is 1.34 bits per heavy atom. The van der Waals surface area contributed by atoms with E-state index < -0.39 is 5.60 Å². The number of nitrogens with one attached hydrogen (secondary N) is 2. The Hall–Kier alpha value is -1.60. The zero-order chi connectivity index (χ0) is 20.1. The third-order valence-corrected chi connectivity index (χ3v) is 7.29. The molecule has 3 saturated heterocycles. The van der Waals surface area contributed by atoms with E-state index in [1.807, 2.05) is 22.9 Å². The molecular formula is C22H28ClN3O3. The van der Waals surface area contributed by atoms with Crippen LogP contribution in [-0.2, 0) is 11.3 Å². The van der Waals surface area contributed by atoms with Crippen LogP contribution in [-0.4, -0.2) is 53.5 Å². The molecule has 156 valence electrons. The first-order chi connectivity index (χ1) is 14.0.